The van der Waals surface area contributed by atoms with Gasteiger partial charge >= 0.3 is 0 Å². The highest BCUT2D eigenvalue weighted by molar-refractivity contribution is 5.60. The van der Waals surface area contributed by atoms with Crippen LogP contribution < -0.4 is 10.2 Å². The van der Waals surface area contributed by atoms with Gasteiger partial charge in [-0.3, -0.25) is 0 Å². The van der Waals surface area contributed by atoms with Gasteiger partial charge in [0, 0.05) is 30.9 Å². The zero-order valence-electron chi connectivity index (χ0n) is 12.3. The van der Waals surface area contributed by atoms with Gasteiger partial charge in [0.1, 0.15) is 29.6 Å². The van der Waals surface area contributed by atoms with Crippen molar-refractivity contribution in [2.24, 2.45) is 0 Å². The molecule has 1 N–H and O–H groups in total. The standard InChI is InChI=1S/C16H16FN5/c1-11-7-16(20-10-19-11)21-12-5-6-22(9-12)15-4-2-3-14(17)13(15)8-18/h2-4,7,10,12H,5-6,9H2,1H3,(H,19,20,21). The minimum Gasteiger partial charge on any atom is -0.368 e. The van der Waals surface area contributed by atoms with E-state index in [1.807, 2.05) is 24.0 Å². The zero-order chi connectivity index (χ0) is 15.5. The van der Waals surface area contributed by atoms with Crippen molar-refractivity contribution < 1.29 is 4.39 Å². The SMILES string of the molecule is Cc1cc(NC2CCN(c3cccc(F)c3C#N)C2)ncn1. The maximum Gasteiger partial charge on any atom is 0.143 e. The summed E-state index contributed by atoms with van der Waals surface area (Å²) in [6, 6.07) is 8.81. The third-order valence-corrected chi connectivity index (χ3v) is 3.79. The van der Waals surface area contributed by atoms with Crippen molar-refractivity contribution in [3.8, 4) is 6.07 Å². The average Bonchev–Trinajstić information content (AvgIpc) is 2.95. The van der Waals surface area contributed by atoms with Crippen molar-refractivity contribution in [1.29, 1.82) is 5.26 Å². The number of nitrogens with one attached hydrogen (secondary N) is 1. The Morgan fingerprint density at radius 3 is 3.05 bits per heavy atom. The fourth-order valence-electron chi connectivity index (χ4n) is 2.73. The van der Waals surface area contributed by atoms with Crippen LogP contribution in [0.3, 0.4) is 0 Å². The normalized spacial score (nSPS) is 17.3. The summed E-state index contributed by atoms with van der Waals surface area (Å²) in [5.41, 5.74) is 1.68. The van der Waals surface area contributed by atoms with Crippen LogP contribution >= 0.6 is 0 Å². The van der Waals surface area contributed by atoms with Crippen molar-refractivity contribution in [1.82, 2.24) is 9.97 Å². The number of aryl methyl sites for hydroxylation is 1. The number of hydrogen-bond donors (Lipinski definition) is 1. The Bertz CT molecular complexity index is 725. The Kier molecular flexibility index (Phi) is 3.88. The topological polar surface area (TPSA) is 64.8 Å². The number of anilines is 2. The molecule has 5 nitrogen and oxygen atoms in total. The number of hydrogen-bond acceptors (Lipinski definition) is 5. The Hall–Kier alpha value is -2.68. The van der Waals surface area contributed by atoms with Crippen molar-refractivity contribution in [2.75, 3.05) is 23.3 Å². The molecule has 2 aromatic rings. The Balaban J connectivity index is 1.73. The quantitative estimate of drug-likeness (QED) is 0.943. The lowest BCUT2D eigenvalue weighted by Crippen LogP contribution is -2.27. The third-order valence-electron chi connectivity index (χ3n) is 3.79. The molecule has 1 aliphatic rings. The van der Waals surface area contributed by atoms with E-state index in [-0.39, 0.29) is 11.6 Å². The molecular weight excluding hydrogens is 281 g/mol. The minimum atomic E-state index is -0.470. The van der Waals surface area contributed by atoms with Crippen molar-refractivity contribution >= 4 is 11.5 Å². The summed E-state index contributed by atoms with van der Waals surface area (Å²) in [5.74, 6) is 0.321. The summed E-state index contributed by atoms with van der Waals surface area (Å²) in [5, 5.41) is 12.5. The first-order chi connectivity index (χ1) is 10.7. The molecule has 0 bridgehead atoms. The van der Waals surface area contributed by atoms with E-state index in [2.05, 4.69) is 15.3 Å². The van der Waals surface area contributed by atoms with Gasteiger partial charge in [-0.25, -0.2) is 14.4 Å². The van der Waals surface area contributed by atoms with Crippen LogP contribution in [0.25, 0.3) is 0 Å². The molecule has 0 amide bonds. The Morgan fingerprint density at radius 1 is 1.41 bits per heavy atom. The summed E-state index contributed by atoms with van der Waals surface area (Å²) < 4.78 is 13.7. The maximum atomic E-state index is 13.7. The number of aromatic nitrogens is 2. The van der Waals surface area contributed by atoms with Crippen LogP contribution in [0.5, 0.6) is 0 Å². The van der Waals surface area contributed by atoms with Crippen molar-refractivity contribution in [3.05, 3.63) is 47.7 Å². The van der Waals surface area contributed by atoms with Gasteiger partial charge in [-0.15, -0.1) is 0 Å². The molecule has 0 aliphatic carbocycles. The van der Waals surface area contributed by atoms with Gasteiger partial charge in [0.05, 0.1) is 5.69 Å². The van der Waals surface area contributed by atoms with Crippen LogP contribution in [0.2, 0.25) is 0 Å². The molecule has 22 heavy (non-hydrogen) atoms. The number of benzene rings is 1. The molecule has 1 saturated heterocycles. The van der Waals surface area contributed by atoms with E-state index in [9.17, 15) is 4.39 Å². The highest BCUT2D eigenvalue weighted by Gasteiger charge is 2.25. The van der Waals surface area contributed by atoms with E-state index in [1.165, 1.54) is 12.4 Å². The fourth-order valence-corrected chi connectivity index (χ4v) is 2.73. The lowest BCUT2D eigenvalue weighted by atomic mass is 10.1. The van der Waals surface area contributed by atoms with Gasteiger partial charge in [-0.2, -0.15) is 5.26 Å². The predicted molar refractivity (Wildman–Crippen MR) is 82.1 cm³/mol. The Morgan fingerprint density at radius 2 is 2.27 bits per heavy atom. The van der Waals surface area contributed by atoms with Crippen LogP contribution in [-0.4, -0.2) is 29.1 Å². The molecule has 1 fully saturated rings. The first-order valence-electron chi connectivity index (χ1n) is 7.16. The second kappa shape index (κ2) is 5.98. The van der Waals surface area contributed by atoms with E-state index in [4.69, 9.17) is 5.26 Å². The van der Waals surface area contributed by atoms with Crippen molar-refractivity contribution in [2.45, 2.75) is 19.4 Å². The van der Waals surface area contributed by atoms with Gasteiger partial charge in [0.25, 0.3) is 0 Å². The molecule has 3 rings (SSSR count). The molecule has 6 heteroatoms. The van der Waals surface area contributed by atoms with Crippen molar-refractivity contribution in [3.63, 3.8) is 0 Å². The van der Waals surface area contributed by atoms with Gasteiger partial charge < -0.3 is 10.2 Å². The smallest absolute Gasteiger partial charge is 0.143 e. The third kappa shape index (κ3) is 2.84. The monoisotopic (exact) mass is 297 g/mol. The number of halogens is 1. The van der Waals surface area contributed by atoms with Crippen LogP contribution in [0.4, 0.5) is 15.9 Å². The molecule has 1 unspecified atom stereocenters. The van der Waals surface area contributed by atoms with Gasteiger partial charge in [-0.05, 0) is 25.5 Å². The van der Waals surface area contributed by atoms with E-state index >= 15 is 0 Å². The Labute approximate surface area is 128 Å². The molecule has 1 aliphatic heterocycles. The van der Waals surface area contributed by atoms with Gasteiger partial charge in [0.2, 0.25) is 0 Å². The number of nitriles is 1. The van der Waals surface area contributed by atoms with Crippen LogP contribution in [-0.2, 0) is 0 Å². The predicted octanol–water partition coefficient (Wildman–Crippen LogP) is 2.49. The number of nitrogens with zero attached hydrogens (tertiary/aromatic N) is 4. The molecule has 0 saturated carbocycles. The van der Waals surface area contributed by atoms with Crippen LogP contribution in [0.1, 0.15) is 17.7 Å². The average molecular weight is 297 g/mol. The van der Waals surface area contributed by atoms with E-state index in [0.717, 1.165) is 24.5 Å². The van der Waals surface area contributed by atoms with Crippen LogP contribution in [0, 0.1) is 24.1 Å². The van der Waals surface area contributed by atoms with Crippen LogP contribution in [0.15, 0.2) is 30.6 Å². The highest BCUT2D eigenvalue weighted by atomic mass is 19.1. The second-order valence-electron chi connectivity index (χ2n) is 5.37. The molecule has 1 aromatic carbocycles. The molecular formula is C16H16FN5. The second-order valence-corrected chi connectivity index (χ2v) is 5.37. The minimum absolute atomic E-state index is 0.112. The largest absolute Gasteiger partial charge is 0.368 e. The lowest BCUT2D eigenvalue weighted by Gasteiger charge is -2.20. The van der Waals surface area contributed by atoms with Gasteiger partial charge in [0.15, 0.2) is 0 Å². The van der Waals surface area contributed by atoms with E-state index in [1.54, 1.807) is 12.1 Å². The fraction of sp³-hybridized carbons (Fsp3) is 0.312. The number of rotatable bonds is 3. The molecule has 1 atom stereocenters. The lowest BCUT2D eigenvalue weighted by molar-refractivity contribution is 0.623. The summed E-state index contributed by atoms with van der Waals surface area (Å²) in [7, 11) is 0. The highest BCUT2D eigenvalue weighted by Crippen LogP contribution is 2.27. The summed E-state index contributed by atoms with van der Waals surface area (Å²) in [6.45, 7) is 3.40. The van der Waals surface area contributed by atoms with Gasteiger partial charge in [-0.1, -0.05) is 6.07 Å². The van der Waals surface area contributed by atoms with E-state index < -0.39 is 5.82 Å². The maximum absolute atomic E-state index is 13.7. The molecule has 0 spiro atoms. The zero-order valence-corrected chi connectivity index (χ0v) is 12.3. The molecule has 2 heterocycles. The molecule has 0 radical (unpaired) electrons. The summed E-state index contributed by atoms with van der Waals surface area (Å²) in [6.07, 6.45) is 2.44. The first kappa shape index (κ1) is 14.3. The summed E-state index contributed by atoms with van der Waals surface area (Å²) >= 11 is 0. The molecule has 1 aromatic heterocycles. The first-order valence-corrected chi connectivity index (χ1v) is 7.16. The molecule has 112 valence electrons. The summed E-state index contributed by atoms with van der Waals surface area (Å²) in [4.78, 5) is 10.3. The van der Waals surface area contributed by atoms with E-state index in [0.29, 0.717) is 12.2 Å².